The molecule has 0 spiro atoms. The lowest BCUT2D eigenvalue weighted by atomic mass is 10.1. The Bertz CT molecular complexity index is 877. The first-order valence-corrected chi connectivity index (χ1v) is 8.64. The number of carbonyl (C=O) groups excluding carboxylic acids is 3. The van der Waals surface area contributed by atoms with Crippen molar-refractivity contribution < 1.29 is 18.8 Å². The van der Waals surface area contributed by atoms with Crippen LogP contribution in [0.15, 0.2) is 24.3 Å². The van der Waals surface area contributed by atoms with Crippen LogP contribution in [0.2, 0.25) is 0 Å². The Morgan fingerprint density at radius 1 is 1.04 bits per heavy atom. The molecule has 142 valence electrons. The molecule has 0 aliphatic heterocycles. The summed E-state index contributed by atoms with van der Waals surface area (Å²) in [5.41, 5.74) is 12.6. The van der Waals surface area contributed by atoms with E-state index in [1.165, 1.54) is 12.1 Å². The van der Waals surface area contributed by atoms with Gasteiger partial charge < -0.3 is 16.8 Å². The van der Waals surface area contributed by atoms with E-state index in [-0.39, 0.29) is 11.5 Å². The van der Waals surface area contributed by atoms with Gasteiger partial charge in [-0.25, -0.2) is 9.07 Å². The van der Waals surface area contributed by atoms with Crippen molar-refractivity contribution in [2.24, 2.45) is 11.5 Å². The molecule has 5 N–H and O–H groups in total. The first kappa shape index (κ1) is 18.6. The summed E-state index contributed by atoms with van der Waals surface area (Å²) in [6.07, 6.45) is 4.17. The van der Waals surface area contributed by atoms with E-state index in [1.807, 2.05) is 0 Å². The standard InChI is InChI=1S/C18H20FN5O3/c19-10-6-8-11(9-7-10)24-13-5-3-1-2-4-12(13)14(23-24)18(27)22-15(16(20)25)17(21)26/h6-9,15H,1-5H2,(H2,20,25)(H2,21,26)(H,22,27). The molecule has 1 heterocycles. The second-order valence-electron chi connectivity index (χ2n) is 6.43. The summed E-state index contributed by atoms with van der Waals surface area (Å²) in [6.45, 7) is 0. The van der Waals surface area contributed by atoms with Crippen LogP contribution in [0.3, 0.4) is 0 Å². The second kappa shape index (κ2) is 7.56. The molecule has 8 nitrogen and oxygen atoms in total. The Kier molecular flexibility index (Phi) is 5.20. The normalized spacial score (nSPS) is 13.7. The van der Waals surface area contributed by atoms with Gasteiger partial charge in [0.05, 0.1) is 5.69 Å². The molecule has 0 radical (unpaired) electrons. The molecule has 0 saturated heterocycles. The fraction of sp³-hybridized carbons (Fsp3) is 0.333. The first-order valence-electron chi connectivity index (χ1n) is 8.64. The number of hydrogen-bond donors (Lipinski definition) is 3. The third kappa shape index (κ3) is 3.81. The number of hydrogen-bond acceptors (Lipinski definition) is 4. The van der Waals surface area contributed by atoms with E-state index in [0.29, 0.717) is 18.5 Å². The highest BCUT2D eigenvalue weighted by atomic mass is 19.1. The summed E-state index contributed by atoms with van der Waals surface area (Å²) >= 11 is 0. The van der Waals surface area contributed by atoms with E-state index >= 15 is 0 Å². The summed E-state index contributed by atoms with van der Waals surface area (Å²) in [6, 6.07) is 4.16. The van der Waals surface area contributed by atoms with E-state index < -0.39 is 23.8 Å². The molecule has 3 rings (SSSR count). The number of rotatable bonds is 5. The van der Waals surface area contributed by atoms with Gasteiger partial charge in [-0.1, -0.05) is 6.42 Å². The van der Waals surface area contributed by atoms with Gasteiger partial charge in [-0.15, -0.1) is 0 Å². The molecule has 0 bridgehead atoms. The molecule has 0 fully saturated rings. The largest absolute Gasteiger partial charge is 0.367 e. The zero-order valence-electron chi connectivity index (χ0n) is 14.6. The second-order valence-corrected chi connectivity index (χ2v) is 6.43. The summed E-state index contributed by atoms with van der Waals surface area (Å²) in [5.74, 6) is -3.16. The number of nitrogens with two attached hydrogens (primary N) is 2. The van der Waals surface area contributed by atoms with E-state index in [2.05, 4.69) is 10.4 Å². The van der Waals surface area contributed by atoms with Crippen LogP contribution in [0.25, 0.3) is 5.69 Å². The predicted octanol–water partition coefficient (Wildman–Crippen LogP) is 0.349. The molecule has 0 atom stereocenters. The molecule has 3 amide bonds. The van der Waals surface area contributed by atoms with E-state index in [1.54, 1.807) is 16.8 Å². The fourth-order valence-electron chi connectivity index (χ4n) is 3.24. The summed E-state index contributed by atoms with van der Waals surface area (Å²) in [5, 5.41) is 6.64. The summed E-state index contributed by atoms with van der Waals surface area (Å²) < 4.78 is 14.9. The molecule has 1 aliphatic rings. The topological polar surface area (TPSA) is 133 Å². The molecule has 0 unspecified atom stereocenters. The average molecular weight is 373 g/mol. The van der Waals surface area contributed by atoms with Crippen LogP contribution in [-0.2, 0) is 22.4 Å². The minimum Gasteiger partial charge on any atom is -0.367 e. The lowest BCUT2D eigenvalue weighted by Crippen LogP contribution is -2.52. The van der Waals surface area contributed by atoms with Crippen LogP contribution in [0.1, 0.15) is 41.0 Å². The van der Waals surface area contributed by atoms with E-state index in [0.717, 1.165) is 30.5 Å². The smallest absolute Gasteiger partial charge is 0.273 e. The summed E-state index contributed by atoms with van der Waals surface area (Å²) in [7, 11) is 0. The lowest BCUT2D eigenvalue weighted by Gasteiger charge is -2.11. The molecule has 1 aliphatic carbocycles. The number of aromatic nitrogens is 2. The van der Waals surface area contributed by atoms with Gasteiger partial charge in [0, 0.05) is 11.3 Å². The highest BCUT2D eigenvalue weighted by molar-refractivity contribution is 6.08. The SMILES string of the molecule is NC(=O)C(NC(=O)c1nn(-c2ccc(F)cc2)c2c1CCCCC2)C(N)=O. The molecule has 1 aromatic heterocycles. The van der Waals surface area contributed by atoms with Crippen molar-refractivity contribution in [1.82, 2.24) is 15.1 Å². The zero-order chi connectivity index (χ0) is 19.6. The minimum absolute atomic E-state index is 0.115. The number of carbonyl (C=O) groups is 3. The number of halogens is 1. The lowest BCUT2D eigenvalue weighted by molar-refractivity contribution is -0.128. The van der Waals surface area contributed by atoms with Gasteiger partial charge in [-0.2, -0.15) is 5.10 Å². The Labute approximate surface area is 154 Å². The van der Waals surface area contributed by atoms with Gasteiger partial charge in [0.2, 0.25) is 11.8 Å². The van der Waals surface area contributed by atoms with Crippen LogP contribution in [0.5, 0.6) is 0 Å². The number of primary amides is 2. The van der Waals surface area contributed by atoms with Gasteiger partial charge in [0.1, 0.15) is 5.82 Å². The van der Waals surface area contributed by atoms with Crippen molar-refractivity contribution in [2.75, 3.05) is 0 Å². The van der Waals surface area contributed by atoms with Crippen LogP contribution in [0.4, 0.5) is 4.39 Å². The molecule has 2 aromatic rings. The van der Waals surface area contributed by atoms with Crippen molar-refractivity contribution in [3.05, 3.63) is 47.0 Å². The number of amides is 3. The maximum Gasteiger partial charge on any atom is 0.273 e. The third-order valence-corrected chi connectivity index (χ3v) is 4.56. The average Bonchev–Trinajstić information content (AvgIpc) is 2.81. The van der Waals surface area contributed by atoms with Crippen LogP contribution in [0, 0.1) is 5.82 Å². The van der Waals surface area contributed by atoms with Crippen LogP contribution >= 0.6 is 0 Å². The van der Waals surface area contributed by atoms with Crippen molar-refractivity contribution in [3.8, 4) is 5.69 Å². The number of nitrogens with one attached hydrogen (secondary N) is 1. The number of fused-ring (bicyclic) bond motifs is 1. The first-order chi connectivity index (χ1) is 12.9. The van der Waals surface area contributed by atoms with Crippen molar-refractivity contribution in [2.45, 2.75) is 38.1 Å². The highest BCUT2D eigenvalue weighted by Crippen LogP contribution is 2.26. The van der Waals surface area contributed by atoms with Crippen molar-refractivity contribution in [3.63, 3.8) is 0 Å². The zero-order valence-corrected chi connectivity index (χ0v) is 14.6. The van der Waals surface area contributed by atoms with E-state index in [9.17, 15) is 18.8 Å². The maximum atomic E-state index is 13.3. The monoisotopic (exact) mass is 373 g/mol. The van der Waals surface area contributed by atoms with Gasteiger partial charge in [-0.3, -0.25) is 14.4 Å². The van der Waals surface area contributed by atoms with Crippen LogP contribution < -0.4 is 16.8 Å². The third-order valence-electron chi connectivity index (χ3n) is 4.56. The van der Waals surface area contributed by atoms with Crippen molar-refractivity contribution >= 4 is 17.7 Å². The molecular formula is C18H20FN5O3. The van der Waals surface area contributed by atoms with Crippen LogP contribution in [-0.4, -0.2) is 33.5 Å². The maximum absolute atomic E-state index is 13.3. The van der Waals surface area contributed by atoms with Crippen molar-refractivity contribution in [1.29, 1.82) is 0 Å². The van der Waals surface area contributed by atoms with Gasteiger partial charge >= 0.3 is 0 Å². The molecular weight excluding hydrogens is 353 g/mol. The Morgan fingerprint density at radius 3 is 2.30 bits per heavy atom. The predicted molar refractivity (Wildman–Crippen MR) is 94.4 cm³/mol. The molecule has 0 saturated carbocycles. The highest BCUT2D eigenvalue weighted by Gasteiger charge is 2.29. The van der Waals surface area contributed by atoms with Gasteiger partial charge in [0.15, 0.2) is 11.7 Å². The molecule has 1 aromatic carbocycles. The Hall–Kier alpha value is -3.23. The van der Waals surface area contributed by atoms with Gasteiger partial charge in [-0.05, 0) is 49.9 Å². The Morgan fingerprint density at radius 2 is 1.67 bits per heavy atom. The minimum atomic E-state index is -1.62. The molecule has 9 heteroatoms. The molecule has 27 heavy (non-hydrogen) atoms. The number of nitrogens with zero attached hydrogens (tertiary/aromatic N) is 2. The fourth-order valence-corrected chi connectivity index (χ4v) is 3.24. The Balaban J connectivity index is 2.02. The van der Waals surface area contributed by atoms with Gasteiger partial charge in [0.25, 0.3) is 5.91 Å². The van der Waals surface area contributed by atoms with E-state index in [4.69, 9.17) is 11.5 Å². The summed E-state index contributed by atoms with van der Waals surface area (Å²) in [4.78, 5) is 35.4. The quantitative estimate of drug-likeness (QED) is 0.515. The number of benzene rings is 1.